The van der Waals surface area contributed by atoms with Crippen molar-refractivity contribution in [3.8, 4) is 0 Å². The van der Waals surface area contributed by atoms with Crippen molar-refractivity contribution >= 4 is 7.82 Å². The SMILES string of the molecule is CC[O-].CC[O-].CC[O-].O=P([O-])([O-])[O-].[NH4+].[NH4+].[NH4+].[NH4+].[NH4+].[NH4+]. The highest BCUT2D eigenvalue weighted by atomic mass is 31.2. The number of phosphoric acid groups is 1. The summed E-state index contributed by atoms with van der Waals surface area (Å²) in [5, 5.41) is 26.8. The maximum atomic E-state index is 8.93. The highest BCUT2D eigenvalue weighted by Gasteiger charge is 1.44. The number of quaternary nitrogens is 6. The van der Waals surface area contributed by atoms with Gasteiger partial charge in [0.2, 0.25) is 0 Å². The molecule has 24 N–H and O–H groups in total. The van der Waals surface area contributed by atoms with E-state index < -0.39 is 7.82 Å². The van der Waals surface area contributed by atoms with Gasteiger partial charge < -0.3 is 71.5 Å². The van der Waals surface area contributed by atoms with Crippen molar-refractivity contribution in [3.05, 3.63) is 0 Å². The minimum atomic E-state index is -5.39. The smallest absolute Gasteiger partial charge is 0.0809 e. The van der Waals surface area contributed by atoms with Crippen LogP contribution in [-0.4, -0.2) is 19.8 Å². The lowest BCUT2D eigenvalue weighted by atomic mass is 10.9. The Morgan fingerprint density at radius 1 is 0.600 bits per heavy atom. The van der Waals surface area contributed by atoms with E-state index in [1.807, 2.05) is 0 Å². The van der Waals surface area contributed by atoms with Crippen LogP contribution in [0.3, 0.4) is 0 Å². The van der Waals surface area contributed by atoms with Crippen molar-refractivity contribution < 1.29 is 34.6 Å². The zero-order chi connectivity index (χ0) is 12.6. The molecule has 0 aromatic heterocycles. The highest BCUT2D eigenvalue weighted by Crippen LogP contribution is 2.03. The zero-order valence-corrected chi connectivity index (χ0v) is 15.3. The van der Waals surface area contributed by atoms with E-state index in [0.717, 1.165) is 0 Å². The van der Waals surface area contributed by atoms with Gasteiger partial charge in [-0.2, -0.15) is 7.82 Å². The van der Waals surface area contributed by atoms with Crippen LogP contribution in [0, 0.1) is 0 Å². The van der Waals surface area contributed by atoms with Crippen molar-refractivity contribution in [3.63, 3.8) is 0 Å². The molecule has 0 heterocycles. The first-order valence-electron chi connectivity index (χ1n) is 3.72. The summed E-state index contributed by atoms with van der Waals surface area (Å²) in [6.07, 6.45) is 0. The summed E-state index contributed by atoms with van der Waals surface area (Å²) >= 11 is 0. The van der Waals surface area contributed by atoms with Crippen LogP contribution in [0.1, 0.15) is 20.8 Å². The summed E-state index contributed by atoms with van der Waals surface area (Å²) in [6.45, 7) is 4.71. The molecule has 0 amide bonds. The Balaban J connectivity index is -0.00000000775. The molecule has 140 valence electrons. The molecule has 14 heteroatoms. The van der Waals surface area contributed by atoms with Crippen LogP contribution in [0.2, 0.25) is 0 Å². The van der Waals surface area contributed by atoms with Crippen LogP contribution >= 0.6 is 7.82 Å². The molecule has 0 spiro atoms. The first-order chi connectivity index (χ1) is 6.24. The molecular formula is C6H39N6O7P. The molecule has 0 aliphatic carbocycles. The van der Waals surface area contributed by atoms with E-state index in [9.17, 15) is 0 Å². The van der Waals surface area contributed by atoms with Gasteiger partial charge in [-0.05, 0) is 0 Å². The van der Waals surface area contributed by atoms with Crippen molar-refractivity contribution in [2.24, 2.45) is 0 Å². The predicted octanol–water partition coefficient (Wildman–Crippen LogP) is -2.47. The van der Waals surface area contributed by atoms with Gasteiger partial charge in [0.1, 0.15) is 0 Å². The van der Waals surface area contributed by atoms with Crippen molar-refractivity contribution in [2.45, 2.75) is 20.8 Å². The molecule has 0 unspecified atom stereocenters. The fraction of sp³-hybridized carbons (Fsp3) is 1.00. The van der Waals surface area contributed by atoms with E-state index in [-0.39, 0.29) is 56.7 Å². The third-order valence-corrected chi connectivity index (χ3v) is 0. The maximum absolute atomic E-state index is 8.93. The van der Waals surface area contributed by atoms with E-state index in [2.05, 4.69) is 0 Å². The molecule has 20 heavy (non-hydrogen) atoms. The minimum Gasteiger partial charge on any atom is -0.855 e. The third kappa shape index (κ3) is 79700. The van der Waals surface area contributed by atoms with Crippen molar-refractivity contribution in [2.75, 3.05) is 19.8 Å². The second-order valence-electron chi connectivity index (χ2n) is 1.31. The normalized spacial score (nSPS) is 5.65. The number of hydrogen-bond donors (Lipinski definition) is 6. The molecule has 0 aliphatic rings. The lowest BCUT2D eigenvalue weighted by Crippen LogP contribution is -2.24. The van der Waals surface area contributed by atoms with Crippen LogP contribution < -0.4 is 66.9 Å². The van der Waals surface area contributed by atoms with Gasteiger partial charge in [-0.25, -0.2) is 0 Å². The summed E-state index contributed by atoms with van der Waals surface area (Å²) in [5.74, 6) is 0. The quantitative estimate of drug-likeness (QED) is 0.258. The Morgan fingerprint density at radius 2 is 0.600 bits per heavy atom. The average molecular weight is 338 g/mol. The molecule has 0 fully saturated rings. The molecular weight excluding hydrogens is 299 g/mol. The summed E-state index contributed by atoms with van der Waals surface area (Å²) in [6, 6.07) is 0. The second kappa shape index (κ2) is 77.2. The van der Waals surface area contributed by atoms with Gasteiger partial charge in [0.25, 0.3) is 0 Å². The van der Waals surface area contributed by atoms with Gasteiger partial charge in [-0.3, -0.25) is 0 Å². The Bertz CT molecular complexity index is 107. The van der Waals surface area contributed by atoms with Crippen LogP contribution in [0.15, 0.2) is 0 Å². The monoisotopic (exact) mass is 338 g/mol. The Morgan fingerprint density at radius 3 is 0.600 bits per heavy atom. The summed E-state index contributed by atoms with van der Waals surface area (Å²) in [4.78, 5) is 25.6. The van der Waals surface area contributed by atoms with Gasteiger partial charge in [0, 0.05) is 0 Å². The fourth-order valence-electron chi connectivity index (χ4n) is 0. The van der Waals surface area contributed by atoms with E-state index in [0.29, 0.717) is 0 Å². The van der Waals surface area contributed by atoms with Crippen molar-refractivity contribution in [1.29, 1.82) is 0 Å². The third-order valence-electron chi connectivity index (χ3n) is 0. The predicted molar refractivity (Wildman–Crippen MR) is 75.1 cm³/mol. The fourth-order valence-corrected chi connectivity index (χ4v) is 0. The van der Waals surface area contributed by atoms with Crippen LogP contribution in [0.5, 0.6) is 0 Å². The first-order valence-corrected chi connectivity index (χ1v) is 5.18. The molecule has 0 bridgehead atoms. The van der Waals surface area contributed by atoms with Gasteiger partial charge in [0.15, 0.2) is 0 Å². The van der Waals surface area contributed by atoms with Crippen molar-refractivity contribution in [1.82, 2.24) is 36.9 Å². The molecule has 0 aromatic carbocycles. The molecule has 0 aromatic rings. The Labute approximate surface area is 121 Å². The molecule has 0 atom stereocenters. The lowest BCUT2D eigenvalue weighted by molar-refractivity contribution is -0.432. The molecule has 0 saturated carbocycles. The second-order valence-corrected chi connectivity index (χ2v) is 2.21. The summed E-state index contributed by atoms with van der Waals surface area (Å²) in [7, 11) is -5.39. The van der Waals surface area contributed by atoms with E-state index >= 15 is 0 Å². The molecule has 0 aliphatic heterocycles. The summed E-state index contributed by atoms with van der Waals surface area (Å²) < 4.78 is 8.55. The van der Waals surface area contributed by atoms with Crippen LogP contribution in [0.4, 0.5) is 0 Å². The largest absolute Gasteiger partial charge is 0.855 e. The van der Waals surface area contributed by atoms with Gasteiger partial charge >= 0.3 is 0 Å². The lowest BCUT2D eigenvalue weighted by Gasteiger charge is -2.36. The number of hydrogen-bond acceptors (Lipinski definition) is 7. The average Bonchev–Trinajstić information content (AvgIpc) is 1.86. The summed E-state index contributed by atoms with van der Waals surface area (Å²) in [5.41, 5.74) is 0. The molecule has 0 saturated heterocycles. The zero-order valence-electron chi connectivity index (χ0n) is 14.4. The van der Waals surface area contributed by atoms with Crippen LogP contribution in [0.25, 0.3) is 0 Å². The standard InChI is InChI=1S/3C2H5O.6H3N.H3O4P/c3*1-2-3;;;;;;;1-5(2,3)4/h3*2H2,1H3;6*1H3;(H3,1,2,3,4)/q3*-1;;;;;;;/p+3. The first kappa shape index (κ1) is 73.0. The number of rotatable bonds is 0. The maximum Gasteiger partial charge on any atom is -0.0809 e. The Hall–Kier alpha value is -0.250. The minimum absolute atomic E-state index is 0. The van der Waals surface area contributed by atoms with E-state index in [1.165, 1.54) is 0 Å². The Kier molecular flexibility index (Phi) is 282. The van der Waals surface area contributed by atoms with E-state index in [1.54, 1.807) is 20.8 Å². The molecule has 0 rings (SSSR count). The van der Waals surface area contributed by atoms with Gasteiger partial charge in [-0.1, -0.05) is 20.8 Å². The van der Waals surface area contributed by atoms with Gasteiger partial charge in [0.05, 0.1) is 0 Å². The topological polar surface area (TPSA) is 374 Å². The van der Waals surface area contributed by atoms with Gasteiger partial charge in [-0.15, -0.1) is 19.8 Å². The van der Waals surface area contributed by atoms with E-state index in [4.69, 9.17) is 34.6 Å². The molecule has 0 radical (unpaired) electrons. The molecule has 13 nitrogen and oxygen atoms in total. The highest BCUT2D eigenvalue weighted by molar-refractivity contribution is 7.40. The van der Waals surface area contributed by atoms with Crippen LogP contribution in [-0.2, 0) is 4.57 Å².